The van der Waals surface area contributed by atoms with Gasteiger partial charge in [-0.3, -0.25) is 4.79 Å². The van der Waals surface area contributed by atoms with Crippen molar-refractivity contribution in [2.45, 2.75) is 33.1 Å². The van der Waals surface area contributed by atoms with Gasteiger partial charge in [0.05, 0.1) is 0 Å². The van der Waals surface area contributed by atoms with Crippen molar-refractivity contribution in [1.82, 2.24) is 15.0 Å². The van der Waals surface area contributed by atoms with Crippen LogP contribution in [0, 0.1) is 6.92 Å². The molecule has 0 amide bonds. The van der Waals surface area contributed by atoms with Gasteiger partial charge < -0.3 is 4.98 Å². The predicted octanol–water partition coefficient (Wildman–Crippen LogP) is 2.48. The van der Waals surface area contributed by atoms with E-state index >= 15 is 0 Å². The molecule has 0 unspecified atom stereocenters. The number of H-pyrrole nitrogens is 1. The molecule has 0 aliphatic heterocycles. The molecular formula is C14H17N3O. The molecule has 0 atom stereocenters. The summed E-state index contributed by atoms with van der Waals surface area (Å²) in [6.07, 6.45) is 2.96. The second-order valence-electron chi connectivity index (χ2n) is 4.35. The van der Waals surface area contributed by atoms with Crippen LogP contribution in [0.4, 0.5) is 0 Å². The zero-order valence-electron chi connectivity index (χ0n) is 10.7. The van der Waals surface area contributed by atoms with Crippen LogP contribution in [0.5, 0.6) is 0 Å². The summed E-state index contributed by atoms with van der Waals surface area (Å²) in [5, 5.41) is 0. The van der Waals surface area contributed by atoms with Crippen LogP contribution in [-0.4, -0.2) is 15.0 Å². The minimum atomic E-state index is -0.116. The number of nitrogens with one attached hydrogen (secondary N) is 1. The van der Waals surface area contributed by atoms with E-state index in [4.69, 9.17) is 0 Å². The second kappa shape index (κ2) is 5.58. The second-order valence-corrected chi connectivity index (χ2v) is 4.35. The summed E-state index contributed by atoms with van der Waals surface area (Å²) in [6, 6.07) is 7.25. The number of hydrogen-bond acceptors (Lipinski definition) is 3. The van der Waals surface area contributed by atoms with Gasteiger partial charge in [-0.2, -0.15) is 0 Å². The normalized spacial score (nSPS) is 10.6. The average molecular weight is 243 g/mol. The van der Waals surface area contributed by atoms with Crippen LogP contribution in [0.15, 0.2) is 29.1 Å². The van der Waals surface area contributed by atoms with Gasteiger partial charge in [0, 0.05) is 17.5 Å². The lowest BCUT2D eigenvalue weighted by atomic mass is 10.2. The number of aromatic amines is 1. The fraction of sp³-hybridized carbons (Fsp3) is 0.357. The quantitative estimate of drug-likeness (QED) is 0.897. The van der Waals surface area contributed by atoms with Gasteiger partial charge in [0.1, 0.15) is 5.69 Å². The third kappa shape index (κ3) is 3.03. The van der Waals surface area contributed by atoms with Gasteiger partial charge in [-0.25, -0.2) is 9.97 Å². The summed E-state index contributed by atoms with van der Waals surface area (Å²) in [5.41, 5.74) is 2.34. The van der Waals surface area contributed by atoms with Crippen molar-refractivity contribution < 1.29 is 0 Å². The first-order chi connectivity index (χ1) is 8.69. The van der Waals surface area contributed by atoms with Gasteiger partial charge in [-0.1, -0.05) is 19.4 Å². The first-order valence-electron chi connectivity index (χ1n) is 6.23. The third-order valence-corrected chi connectivity index (χ3v) is 2.71. The minimum absolute atomic E-state index is 0.116. The number of nitrogens with zero attached hydrogens (tertiary/aromatic N) is 2. The molecule has 0 aliphatic rings. The molecule has 94 valence electrons. The van der Waals surface area contributed by atoms with Gasteiger partial charge in [-0.05, 0) is 31.9 Å². The molecule has 18 heavy (non-hydrogen) atoms. The third-order valence-electron chi connectivity index (χ3n) is 2.71. The van der Waals surface area contributed by atoms with E-state index in [0.29, 0.717) is 11.5 Å². The highest BCUT2D eigenvalue weighted by atomic mass is 16.1. The Morgan fingerprint density at radius 2 is 2.11 bits per heavy atom. The molecule has 2 heterocycles. The maximum Gasteiger partial charge on any atom is 0.251 e. The van der Waals surface area contributed by atoms with E-state index in [2.05, 4.69) is 21.9 Å². The average Bonchev–Trinajstić information content (AvgIpc) is 2.36. The van der Waals surface area contributed by atoms with E-state index in [1.165, 1.54) is 0 Å². The lowest BCUT2D eigenvalue weighted by Crippen LogP contribution is -2.11. The molecular weight excluding hydrogens is 226 g/mol. The molecule has 2 rings (SSSR count). The zero-order chi connectivity index (χ0) is 13.0. The van der Waals surface area contributed by atoms with Crippen LogP contribution in [0.1, 0.15) is 31.2 Å². The molecule has 4 heteroatoms. The van der Waals surface area contributed by atoms with Gasteiger partial charge >= 0.3 is 0 Å². The Labute approximate surface area is 106 Å². The van der Waals surface area contributed by atoms with Crippen LogP contribution in [-0.2, 0) is 6.42 Å². The highest BCUT2D eigenvalue weighted by molar-refractivity contribution is 5.48. The largest absolute Gasteiger partial charge is 0.305 e. The van der Waals surface area contributed by atoms with E-state index in [1.54, 1.807) is 6.07 Å². The van der Waals surface area contributed by atoms with Crippen LogP contribution in [0.3, 0.4) is 0 Å². The number of pyridine rings is 1. The molecule has 0 bridgehead atoms. The van der Waals surface area contributed by atoms with Crippen LogP contribution in [0.25, 0.3) is 11.5 Å². The molecule has 2 aromatic rings. The molecule has 0 aromatic carbocycles. The van der Waals surface area contributed by atoms with Crippen molar-refractivity contribution in [2.75, 3.05) is 0 Å². The van der Waals surface area contributed by atoms with Crippen molar-refractivity contribution in [3.05, 3.63) is 46.0 Å². The summed E-state index contributed by atoms with van der Waals surface area (Å²) >= 11 is 0. The molecule has 1 N–H and O–H groups in total. The summed E-state index contributed by atoms with van der Waals surface area (Å²) in [5.74, 6) is 0.553. The lowest BCUT2D eigenvalue weighted by molar-refractivity contribution is 0.772. The van der Waals surface area contributed by atoms with E-state index < -0.39 is 0 Å². The summed E-state index contributed by atoms with van der Waals surface area (Å²) in [7, 11) is 0. The number of unbranched alkanes of at least 4 members (excludes halogenated alkanes) is 1. The first-order valence-corrected chi connectivity index (χ1v) is 6.23. The molecule has 0 fully saturated rings. The molecule has 0 aliphatic carbocycles. The standard InChI is InChI=1S/C14H17N3O/c1-3-4-7-11-9-13(18)17-14(16-11)12-8-5-6-10(2)15-12/h5-6,8-9H,3-4,7H2,1-2H3,(H,16,17,18). The molecule has 0 radical (unpaired) electrons. The predicted molar refractivity (Wildman–Crippen MR) is 71.4 cm³/mol. The van der Waals surface area contributed by atoms with Gasteiger partial charge in [0.25, 0.3) is 5.56 Å². The van der Waals surface area contributed by atoms with Gasteiger partial charge in [-0.15, -0.1) is 0 Å². The lowest BCUT2D eigenvalue weighted by Gasteiger charge is -2.04. The summed E-state index contributed by atoms with van der Waals surface area (Å²) in [6.45, 7) is 4.04. The Hall–Kier alpha value is -1.97. The smallest absolute Gasteiger partial charge is 0.251 e. The molecule has 0 saturated carbocycles. The Bertz CT molecular complexity index is 590. The minimum Gasteiger partial charge on any atom is -0.305 e. The van der Waals surface area contributed by atoms with Gasteiger partial charge in [0.15, 0.2) is 5.82 Å². The maximum absolute atomic E-state index is 11.6. The number of aryl methyl sites for hydroxylation is 2. The number of rotatable bonds is 4. The van der Waals surface area contributed by atoms with E-state index in [1.807, 2.05) is 25.1 Å². The Kier molecular flexibility index (Phi) is 3.87. The fourth-order valence-corrected chi connectivity index (χ4v) is 1.79. The first kappa shape index (κ1) is 12.5. The highest BCUT2D eigenvalue weighted by Crippen LogP contribution is 2.11. The number of aromatic nitrogens is 3. The topological polar surface area (TPSA) is 58.6 Å². The Balaban J connectivity index is 2.38. The molecule has 0 saturated heterocycles. The molecule has 2 aromatic heterocycles. The summed E-state index contributed by atoms with van der Waals surface area (Å²) in [4.78, 5) is 23.2. The maximum atomic E-state index is 11.6. The fourth-order valence-electron chi connectivity index (χ4n) is 1.79. The SMILES string of the molecule is CCCCc1cc(=O)[nH]c(-c2cccc(C)n2)n1. The molecule has 4 nitrogen and oxygen atoms in total. The van der Waals surface area contributed by atoms with Crippen molar-refractivity contribution in [2.24, 2.45) is 0 Å². The number of hydrogen-bond donors (Lipinski definition) is 1. The van der Waals surface area contributed by atoms with E-state index in [-0.39, 0.29) is 5.56 Å². The summed E-state index contributed by atoms with van der Waals surface area (Å²) < 4.78 is 0. The Morgan fingerprint density at radius 1 is 1.28 bits per heavy atom. The zero-order valence-corrected chi connectivity index (χ0v) is 10.7. The van der Waals surface area contributed by atoms with E-state index in [9.17, 15) is 4.79 Å². The van der Waals surface area contributed by atoms with Crippen LogP contribution in [0.2, 0.25) is 0 Å². The van der Waals surface area contributed by atoms with Crippen molar-refractivity contribution in [1.29, 1.82) is 0 Å². The van der Waals surface area contributed by atoms with Gasteiger partial charge in [0.2, 0.25) is 0 Å². The van der Waals surface area contributed by atoms with E-state index in [0.717, 1.165) is 30.7 Å². The Morgan fingerprint density at radius 3 is 2.83 bits per heavy atom. The highest BCUT2D eigenvalue weighted by Gasteiger charge is 2.05. The van der Waals surface area contributed by atoms with Crippen LogP contribution >= 0.6 is 0 Å². The van der Waals surface area contributed by atoms with Crippen LogP contribution < -0.4 is 5.56 Å². The molecule has 0 spiro atoms. The van der Waals surface area contributed by atoms with Crippen molar-refractivity contribution >= 4 is 0 Å². The monoisotopic (exact) mass is 243 g/mol. The van der Waals surface area contributed by atoms with Crippen molar-refractivity contribution in [3.8, 4) is 11.5 Å². The van der Waals surface area contributed by atoms with Crippen molar-refractivity contribution in [3.63, 3.8) is 0 Å².